The molecule has 1 atom stereocenters. The molecule has 1 aromatic rings. The van der Waals surface area contributed by atoms with Crippen LogP contribution in [0.1, 0.15) is 23.6 Å². The summed E-state index contributed by atoms with van der Waals surface area (Å²) in [5, 5.41) is 10.3. The molecule has 0 fully saturated rings. The molecule has 0 radical (unpaired) electrons. The molecule has 0 saturated heterocycles. The van der Waals surface area contributed by atoms with Crippen LogP contribution in [-0.4, -0.2) is 29.7 Å². The van der Waals surface area contributed by atoms with Gasteiger partial charge in [-0.25, -0.2) is 0 Å². The van der Waals surface area contributed by atoms with Crippen LogP contribution in [0.15, 0.2) is 12.1 Å². The van der Waals surface area contributed by atoms with Crippen LogP contribution in [0.4, 0.5) is 0 Å². The Hall–Kier alpha value is -0.320. The Kier molecular flexibility index (Phi) is 4.28. The molecule has 1 heterocycles. The molecule has 2 rings (SSSR count). The molecule has 0 saturated carbocycles. The van der Waals surface area contributed by atoms with Gasteiger partial charge in [-0.2, -0.15) is 0 Å². The molecule has 0 bridgehead atoms. The third kappa shape index (κ3) is 2.59. The van der Waals surface area contributed by atoms with Gasteiger partial charge in [0.2, 0.25) is 0 Å². The van der Waals surface area contributed by atoms with Crippen molar-refractivity contribution in [3.05, 3.63) is 33.3 Å². The van der Waals surface area contributed by atoms with Gasteiger partial charge < -0.3 is 10.8 Å². The lowest BCUT2D eigenvalue weighted by atomic mass is 10.1. The van der Waals surface area contributed by atoms with Gasteiger partial charge in [0.25, 0.3) is 0 Å². The molecule has 3 nitrogen and oxygen atoms in total. The summed E-state index contributed by atoms with van der Waals surface area (Å²) in [6.07, 6.45) is 0.746. The minimum atomic E-state index is 0.160. The van der Waals surface area contributed by atoms with Crippen molar-refractivity contribution < 1.29 is 5.11 Å². The fourth-order valence-corrected chi connectivity index (χ4v) is 2.95. The first-order chi connectivity index (χ1) is 8.17. The molecule has 1 aliphatic heterocycles. The molecule has 5 heteroatoms. The molecule has 17 heavy (non-hydrogen) atoms. The third-order valence-electron chi connectivity index (χ3n) is 3.18. The standard InChI is InChI=1S/C12H16Cl2N2O/c13-8-4-9-10(11(14)5-8)7-16(2-1-3-17)12(9)6-15/h4-5,12,17H,1-3,6-7,15H2. The number of halogens is 2. The average Bonchev–Trinajstić information content (AvgIpc) is 2.64. The zero-order valence-electron chi connectivity index (χ0n) is 9.50. The highest BCUT2D eigenvalue weighted by molar-refractivity contribution is 6.35. The van der Waals surface area contributed by atoms with Crippen LogP contribution in [0.2, 0.25) is 10.0 Å². The van der Waals surface area contributed by atoms with Crippen molar-refractivity contribution >= 4 is 23.2 Å². The zero-order valence-corrected chi connectivity index (χ0v) is 11.0. The highest BCUT2D eigenvalue weighted by Gasteiger charge is 2.30. The van der Waals surface area contributed by atoms with E-state index in [0.717, 1.165) is 30.6 Å². The topological polar surface area (TPSA) is 49.5 Å². The van der Waals surface area contributed by atoms with Crippen LogP contribution in [0.5, 0.6) is 0 Å². The number of nitrogens with zero attached hydrogens (tertiary/aromatic N) is 1. The molecule has 3 N–H and O–H groups in total. The summed E-state index contributed by atoms with van der Waals surface area (Å²) < 4.78 is 0. The monoisotopic (exact) mass is 274 g/mol. The molecule has 1 aliphatic rings. The van der Waals surface area contributed by atoms with E-state index >= 15 is 0 Å². The fourth-order valence-electron chi connectivity index (χ4n) is 2.38. The van der Waals surface area contributed by atoms with E-state index < -0.39 is 0 Å². The Morgan fingerprint density at radius 3 is 2.82 bits per heavy atom. The molecule has 0 spiro atoms. The highest BCUT2D eigenvalue weighted by Crippen LogP contribution is 2.38. The maximum Gasteiger partial charge on any atom is 0.0478 e. The number of benzene rings is 1. The fraction of sp³-hybridized carbons (Fsp3) is 0.500. The molecule has 0 aromatic heterocycles. The van der Waals surface area contributed by atoms with Gasteiger partial charge in [-0.3, -0.25) is 4.90 Å². The number of hydrogen-bond acceptors (Lipinski definition) is 3. The summed E-state index contributed by atoms with van der Waals surface area (Å²) in [4.78, 5) is 2.24. The van der Waals surface area contributed by atoms with E-state index in [4.69, 9.17) is 34.0 Å². The lowest BCUT2D eigenvalue weighted by Gasteiger charge is -2.23. The Morgan fingerprint density at radius 1 is 1.41 bits per heavy atom. The number of nitrogens with two attached hydrogens (primary N) is 1. The van der Waals surface area contributed by atoms with Crippen molar-refractivity contribution in [2.24, 2.45) is 5.73 Å². The molecular formula is C12H16Cl2N2O. The normalized spacial score (nSPS) is 19.6. The summed E-state index contributed by atoms with van der Waals surface area (Å²) in [5.41, 5.74) is 8.06. The summed E-state index contributed by atoms with van der Waals surface area (Å²) in [6.45, 7) is 2.34. The van der Waals surface area contributed by atoms with Crippen molar-refractivity contribution in [3.63, 3.8) is 0 Å². The number of fused-ring (bicyclic) bond motifs is 1. The second-order valence-corrected chi connectivity index (χ2v) is 5.10. The molecule has 1 aromatic carbocycles. The number of rotatable bonds is 4. The summed E-state index contributed by atoms with van der Waals surface area (Å²) in [7, 11) is 0. The van der Waals surface area contributed by atoms with E-state index in [2.05, 4.69) is 4.90 Å². The first kappa shape index (κ1) is 13.1. The predicted molar refractivity (Wildman–Crippen MR) is 70.4 cm³/mol. The van der Waals surface area contributed by atoms with E-state index in [1.54, 1.807) is 6.07 Å². The van der Waals surface area contributed by atoms with Crippen LogP contribution in [-0.2, 0) is 6.54 Å². The molecule has 1 unspecified atom stereocenters. The predicted octanol–water partition coefficient (Wildman–Crippen LogP) is 2.19. The van der Waals surface area contributed by atoms with Gasteiger partial charge in [-0.05, 0) is 29.7 Å². The zero-order chi connectivity index (χ0) is 12.4. The van der Waals surface area contributed by atoms with Gasteiger partial charge in [0.05, 0.1) is 0 Å². The van der Waals surface area contributed by atoms with Crippen molar-refractivity contribution in [1.82, 2.24) is 4.90 Å². The van der Waals surface area contributed by atoms with Gasteiger partial charge >= 0.3 is 0 Å². The Bertz CT molecular complexity index is 412. The van der Waals surface area contributed by atoms with E-state index in [1.165, 1.54) is 0 Å². The first-order valence-electron chi connectivity index (χ1n) is 5.70. The van der Waals surface area contributed by atoms with Crippen LogP contribution >= 0.6 is 23.2 Å². The SMILES string of the molecule is NCC1c2cc(Cl)cc(Cl)c2CN1CCCO. The third-order valence-corrected chi connectivity index (χ3v) is 3.74. The summed E-state index contributed by atoms with van der Waals surface area (Å²) in [5.74, 6) is 0. The van der Waals surface area contributed by atoms with Gasteiger partial charge in [0, 0.05) is 42.3 Å². The van der Waals surface area contributed by atoms with E-state index in [1.807, 2.05) is 6.07 Å². The quantitative estimate of drug-likeness (QED) is 0.885. The van der Waals surface area contributed by atoms with Gasteiger partial charge in [0.1, 0.15) is 0 Å². The van der Waals surface area contributed by atoms with E-state index in [9.17, 15) is 0 Å². The second-order valence-electron chi connectivity index (χ2n) is 4.25. The van der Waals surface area contributed by atoms with Crippen molar-refractivity contribution in [3.8, 4) is 0 Å². The van der Waals surface area contributed by atoms with Gasteiger partial charge in [-0.1, -0.05) is 23.2 Å². The molecule has 0 aliphatic carbocycles. The largest absolute Gasteiger partial charge is 0.396 e. The summed E-state index contributed by atoms with van der Waals surface area (Å²) >= 11 is 12.2. The van der Waals surface area contributed by atoms with Crippen LogP contribution < -0.4 is 5.73 Å². The molecular weight excluding hydrogens is 259 g/mol. The van der Waals surface area contributed by atoms with Crippen LogP contribution in [0, 0.1) is 0 Å². The van der Waals surface area contributed by atoms with Gasteiger partial charge in [-0.15, -0.1) is 0 Å². The summed E-state index contributed by atoms with van der Waals surface area (Å²) in [6, 6.07) is 3.87. The second kappa shape index (κ2) is 5.55. The molecule has 94 valence electrons. The van der Waals surface area contributed by atoms with Crippen LogP contribution in [0.25, 0.3) is 0 Å². The average molecular weight is 275 g/mol. The highest BCUT2D eigenvalue weighted by atomic mass is 35.5. The lowest BCUT2D eigenvalue weighted by Crippen LogP contribution is -2.29. The Morgan fingerprint density at radius 2 is 2.18 bits per heavy atom. The maximum atomic E-state index is 8.90. The van der Waals surface area contributed by atoms with E-state index in [0.29, 0.717) is 16.6 Å². The Labute approximate surface area is 111 Å². The number of hydrogen-bond donors (Lipinski definition) is 2. The lowest BCUT2D eigenvalue weighted by molar-refractivity contribution is 0.190. The smallest absolute Gasteiger partial charge is 0.0478 e. The number of aliphatic hydroxyl groups excluding tert-OH is 1. The van der Waals surface area contributed by atoms with Crippen molar-refractivity contribution in [2.75, 3.05) is 19.7 Å². The number of aliphatic hydroxyl groups is 1. The minimum absolute atomic E-state index is 0.160. The molecule has 0 amide bonds. The van der Waals surface area contributed by atoms with Crippen molar-refractivity contribution in [1.29, 1.82) is 0 Å². The first-order valence-corrected chi connectivity index (χ1v) is 6.45. The Balaban J connectivity index is 2.28. The maximum absolute atomic E-state index is 8.90. The van der Waals surface area contributed by atoms with E-state index in [-0.39, 0.29) is 12.6 Å². The van der Waals surface area contributed by atoms with Gasteiger partial charge in [0.15, 0.2) is 0 Å². The minimum Gasteiger partial charge on any atom is -0.396 e. The van der Waals surface area contributed by atoms with Crippen LogP contribution in [0.3, 0.4) is 0 Å². The van der Waals surface area contributed by atoms with Crippen molar-refractivity contribution in [2.45, 2.75) is 19.0 Å².